The van der Waals surface area contributed by atoms with Crippen molar-refractivity contribution in [2.45, 2.75) is 64.3 Å². The summed E-state index contributed by atoms with van der Waals surface area (Å²) in [5.41, 5.74) is 0.424. The Hall–Kier alpha value is -1.29. The van der Waals surface area contributed by atoms with E-state index in [0.29, 0.717) is 5.02 Å². The minimum atomic E-state index is -0.505. The predicted molar refractivity (Wildman–Crippen MR) is 103 cm³/mol. The van der Waals surface area contributed by atoms with Crippen molar-refractivity contribution in [3.63, 3.8) is 0 Å². The van der Waals surface area contributed by atoms with E-state index in [4.69, 9.17) is 11.6 Å². The van der Waals surface area contributed by atoms with Crippen LogP contribution in [0, 0.1) is 29.0 Å². The Bertz CT molecular complexity index is 657. The summed E-state index contributed by atoms with van der Waals surface area (Å²) in [5, 5.41) is 6.22. The zero-order valence-corrected chi connectivity index (χ0v) is 16.1. The van der Waals surface area contributed by atoms with Crippen LogP contribution in [-0.4, -0.2) is 12.1 Å². The smallest absolute Gasteiger partial charge is 0.319 e. The SMILES string of the molecule is CCC[C@@H](NC(=O)Nc1ccc(Cl)cc1F)C12CC3CC(CC(C3)C1)C2. The standard InChI is InChI=1S/C21H28ClFN2O/c1-2-3-19(21-10-13-6-14(11-21)8-15(7-13)12-21)25-20(26)24-18-5-4-16(22)9-17(18)23/h4-5,9,13-15,19H,2-3,6-8,10-12H2,1H3,(H2,24,25,26)/t13?,14?,15?,19-,21?/m1/s1. The monoisotopic (exact) mass is 378 g/mol. The molecule has 2 N–H and O–H groups in total. The average molecular weight is 379 g/mol. The molecule has 0 radical (unpaired) electrons. The zero-order valence-electron chi connectivity index (χ0n) is 15.4. The first-order valence-electron chi connectivity index (χ1n) is 10.00. The Morgan fingerprint density at radius 3 is 2.38 bits per heavy atom. The Kier molecular flexibility index (Phi) is 4.89. The summed E-state index contributed by atoms with van der Waals surface area (Å²) in [6, 6.07) is 4.19. The van der Waals surface area contributed by atoms with E-state index in [1.165, 1.54) is 50.7 Å². The van der Waals surface area contributed by atoms with E-state index in [0.717, 1.165) is 30.6 Å². The highest BCUT2D eigenvalue weighted by atomic mass is 35.5. The van der Waals surface area contributed by atoms with Gasteiger partial charge >= 0.3 is 6.03 Å². The zero-order chi connectivity index (χ0) is 18.3. The van der Waals surface area contributed by atoms with E-state index in [2.05, 4.69) is 17.6 Å². The number of halogens is 2. The lowest BCUT2D eigenvalue weighted by Crippen LogP contribution is -2.57. The number of benzene rings is 1. The first kappa shape index (κ1) is 18.1. The topological polar surface area (TPSA) is 41.1 Å². The number of hydrogen-bond donors (Lipinski definition) is 2. The molecule has 2 amide bonds. The van der Waals surface area contributed by atoms with Gasteiger partial charge in [-0.2, -0.15) is 0 Å². The third kappa shape index (κ3) is 3.45. The van der Waals surface area contributed by atoms with Crippen LogP contribution in [-0.2, 0) is 0 Å². The number of urea groups is 1. The fourth-order valence-electron chi connectivity index (χ4n) is 6.33. The number of carbonyl (C=O) groups excluding carboxylic acids is 1. The molecule has 3 nitrogen and oxygen atoms in total. The van der Waals surface area contributed by atoms with Crippen LogP contribution in [0.15, 0.2) is 18.2 Å². The number of anilines is 1. The van der Waals surface area contributed by atoms with Gasteiger partial charge < -0.3 is 10.6 Å². The summed E-state index contributed by atoms with van der Waals surface area (Å²) in [6.45, 7) is 2.17. The molecular weight excluding hydrogens is 351 g/mol. The maximum atomic E-state index is 14.0. The van der Waals surface area contributed by atoms with Gasteiger partial charge in [0, 0.05) is 11.1 Å². The van der Waals surface area contributed by atoms with Gasteiger partial charge in [0.2, 0.25) is 0 Å². The molecule has 4 saturated carbocycles. The molecule has 0 spiro atoms. The maximum absolute atomic E-state index is 14.0. The normalized spacial score (nSPS) is 33.1. The van der Waals surface area contributed by atoms with Crippen molar-refractivity contribution < 1.29 is 9.18 Å². The first-order valence-corrected chi connectivity index (χ1v) is 10.4. The molecule has 26 heavy (non-hydrogen) atoms. The molecule has 5 rings (SSSR count). The molecule has 0 saturated heterocycles. The highest BCUT2D eigenvalue weighted by Crippen LogP contribution is 2.61. The summed E-state index contributed by atoms with van der Waals surface area (Å²) in [6.07, 6.45) is 9.95. The molecule has 4 bridgehead atoms. The minimum absolute atomic E-state index is 0.174. The quantitative estimate of drug-likeness (QED) is 0.649. The molecule has 5 heteroatoms. The van der Waals surface area contributed by atoms with Crippen LogP contribution in [0.1, 0.15) is 58.3 Å². The van der Waals surface area contributed by atoms with Gasteiger partial charge in [0.05, 0.1) is 5.69 Å². The van der Waals surface area contributed by atoms with Gasteiger partial charge in [-0.1, -0.05) is 24.9 Å². The van der Waals surface area contributed by atoms with E-state index in [1.807, 2.05) is 0 Å². The van der Waals surface area contributed by atoms with Crippen molar-refractivity contribution in [1.82, 2.24) is 5.32 Å². The summed E-state index contributed by atoms with van der Waals surface area (Å²) < 4.78 is 14.0. The molecule has 0 aromatic heterocycles. The molecule has 4 fully saturated rings. The Morgan fingerprint density at radius 2 is 1.85 bits per heavy atom. The predicted octanol–water partition coefficient (Wildman–Crippen LogP) is 5.99. The molecule has 1 aromatic carbocycles. The molecule has 0 unspecified atom stereocenters. The van der Waals surface area contributed by atoms with Gasteiger partial charge in [-0.25, -0.2) is 9.18 Å². The van der Waals surface area contributed by atoms with Crippen LogP contribution in [0.4, 0.5) is 14.9 Å². The lowest BCUT2D eigenvalue weighted by atomic mass is 9.47. The van der Waals surface area contributed by atoms with Gasteiger partial charge in [-0.15, -0.1) is 0 Å². The van der Waals surface area contributed by atoms with Crippen LogP contribution < -0.4 is 10.6 Å². The molecule has 1 aromatic rings. The first-order chi connectivity index (χ1) is 12.5. The summed E-state index contributed by atoms with van der Waals surface area (Å²) >= 11 is 5.79. The largest absolute Gasteiger partial charge is 0.335 e. The molecular formula is C21H28ClFN2O. The summed E-state index contributed by atoms with van der Waals surface area (Å²) in [7, 11) is 0. The number of nitrogens with one attached hydrogen (secondary N) is 2. The second-order valence-electron chi connectivity index (χ2n) is 8.84. The highest BCUT2D eigenvalue weighted by molar-refractivity contribution is 6.30. The van der Waals surface area contributed by atoms with Crippen molar-refractivity contribution >= 4 is 23.3 Å². The third-order valence-electron chi connectivity index (χ3n) is 6.89. The number of carbonyl (C=O) groups is 1. The minimum Gasteiger partial charge on any atom is -0.335 e. The van der Waals surface area contributed by atoms with Gasteiger partial charge in [-0.3, -0.25) is 0 Å². The van der Waals surface area contributed by atoms with Crippen LogP contribution in [0.3, 0.4) is 0 Å². The van der Waals surface area contributed by atoms with Crippen molar-refractivity contribution in [3.8, 4) is 0 Å². The lowest BCUT2D eigenvalue weighted by Gasteiger charge is -2.59. The molecule has 4 aliphatic rings. The Morgan fingerprint density at radius 1 is 1.23 bits per heavy atom. The number of rotatable bonds is 5. The number of amides is 2. The highest BCUT2D eigenvalue weighted by Gasteiger charge is 2.54. The van der Waals surface area contributed by atoms with Crippen molar-refractivity contribution in [3.05, 3.63) is 29.0 Å². The second kappa shape index (κ2) is 7.03. The van der Waals surface area contributed by atoms with Crippen LogP contribution in [0.25, 0.3) is 0 Å². The van der Waals surface area contributed by atoms with E-state index in [1.54, 1.807) is 6.07 Å². The van der Waals surface area contributed by atoms with E-state index < -0.39 is 5.82 Å². The molecule has 0 heterocycles. The van der Waals surface area contributed by atoms with Gasteiger partial charge in [0.1, 0.15) is 5.82 Å². The third-order valence-corrected chi connectivity index (χ3v) is 7.12. The second-order valence-corrected chi connectivity index (χ2v) is 9.28. The van der Waals surface area contributed by atoms with Crippen molar-refractivity contribution in [2.75, 3.05) is 5.32 Å². The van der Waals surface area contributed by atoms with Crippen molar-refractivity contribution in [2.24, 2.45) is 23.2 Å². The van der Waals surface area contributed by atoms with E-state index >= 15 is 0 Å². The molecule has 4 aliphatic carbocycles. The average Bonchev–Trinajstić information content (AvgIpc) is 2.56. The van der Waals surface area contributed by atoms with Crippen LogP contribution in [0.5, 0.6) is 0 Å². The maximum Gasteiger partial charge on any atom is 0.319 e. The van der Waals surface area contributed by atoms with E-state index in [9.17, 15) is 9.18 Å². The lowest BCUT2D eigenvalue weighted by molar-refractivity contribution is -0.0727. The summed E-state index contributed by atoms with van der Waals surface area (Å²) in [5.74, 6) is 2.03. The van der Waals surface area contributed by atoms with Crippen molar-refractivity contribution in [1.29, 1.82) is 0 Å². The fraction of sp³-hybridized carbons (Fsp3) is 0.667. The van der Waals surface area contributed by atoms with Gasteiger partial charge in [0.15, 0.2) is 0 Å². The van der Waals surface area contributed by atoms with Gasteiger partial charge in [0.25, 0.3) is 0 Å². The van der Waals surface area contributed by atoms with Crippen LogP contribution in [0.2, 0.25) is 5.02 Å². The summed E-state index contributed by atoms with van der Waals surface area (Å²) in [4.78, 5) is 12.6. The van der Waals surface area contributed by atoms with E-state index in [-0.39, 0.29) is 23.2 Å². The van der Waals surface area contributed by atoms with Gasteiger partial charge in [-0.05, 0) is 86.3 Å². The Balaban J connectivity index is 1.47. The van der Waals surface area contributed by atoms with Crippen LogP contribution >= 0.6 is 11.6 Å². The number of hydrogen-bond acceptors (Lipinski definition) is 1. The molecule has 0 aliphatic heterocycles. The Labute approximate surface area is 160 Å². The fourth-order valence-corrected chi connectivity index (χ4v) is 6.49. The molecule has 1 atom stereocenters. The molecule has 142 valence electrons.